The molecule has 0 bridgehead atoms. The maximum absolute atomic E-state index is 5.31. The Hall–Kier alpha value is -0.960. The van der Waals surface area contributed by atoms with Crippen LogP contribution in [0, 0.1) is 0 Å². The van der Waals surface area contributed by atoms with Gasteiger partial charge in [0.1, 0.15) is 0 Å². The Kier molecular flexibility index (Phi) is 3.00. The Balaban J connectivity index is 2.47. The van der Waals surface area contributed by atoms with Gasteiger partial charge < -0.3 is 4.52 Å². The van der Waals surface area contributed by atoms with Crippen LogP contribution in [0.2, 0.25) is 0 Å². The molecule has 1 heterocycles. The van der Waals surface area contributed by atoms with Crippen LogP contribution in [-0.2, 0) is 6.42 Å². The highest BCUT2D eigenvalue weighted by atomic mass is 32.1. The molecule has 0 aliphatic rings. The molecule has 0 saturated heterocycles. The minimum absolute atomic E-state index is 0.521. The number of thiol groups is 1. The van der Waals surface area contributed by atoms with Gasteiger partial charge in [0, 0.05) is 11.8 Å². The third kappa shape index (κ3) is 2.02. The van der Waals surface area contributed by atoms with E-state index in [0.717, 1.165) is 28.8 Å². The fourth-order valence-electron chi connectivity index (χ4n) is 1.65. The number of fused-ring (bicyclic) bond motifs is 1. The molecule has 0 amide bonds. The SMILES string of the molecule is CC(C)c1ccc2c(CCS)noc2c1. The van der Waals surface area contributed by atoms with E-state index in [1.165, 1.54) is 5.56 Å². The summed E-state index contributed by atoms with van der Waals surface area (Å²) in [4.78, 5) is 0. The monoisotopic (exact) mass is 221 g/mol. The van der Waals surface area contributed by atoms with E-state index in [-0.39, 0.29) is 0 Å². The second kappa shape index (κ2) is 4.27. The highest BCUT2D eigenvalue weighted by Crippen LogP contribution is 2.24. The fraction of sp³-hybridized carbons (Fsp3) is 0.417. The molecule has 2 aromatic rings. The van der Waals surface area contributed by atoms with Crippen molar-refractivity contribution in [3.8, 4) is 0 Å². The first-order valence-corrected chi connectivity index (χ1v) is 5.84. The number of benzene rings is 1. The molecule has 0 atom stereocenters. The molecule has 1 aromatic carbocycles. The lowest BCUT2D eigenvalue weighted by Gasteiger charge is -2.03. The van der Waals surface area contributed by atoms with Crippen molar-refractivity contribution in [1.29, 1.82) is 0 Å². The van der Waals surface area contributed by atoms with Crippen molar-refractivity contribution >= 4 is 23.6 Å². The minimum atomic E-state index is 0.521. The second-order valence-electron chi connectivity index (χ2n) is 4.01. The molecule has 2 nitrogen and oxygen atoms in total. The summed E-state index contributed by atoms with van der Waals surface area (Å²) in [5.41, 5.74) is 3.18. The van der Waals surface area contributed by atoms with Crippen LogP contribution in [0.15, 0.2) is 22.7 Å². The summed E-state index contributed by atoms with van der Waals surface area (Å²) < 4.78 is 5.31. The van der Waals surface area contributed by atoms with Crippen molar-refractivity contribution in [3.63, 3.8) is 0 Å². The molecular weight excluding hydrogens is 206 g/mol. The highest BCUT2D eigenvalue weighted by molar-refractivity contribution is 7.80. The van der Waals surface area contributed by atoms with E-state index in [1.54, 1.807) is 0 Å². The van der Waals surface area contributed by atoms with Crippen LogP contribution in [0.4, 0.5) is 0 Å². The molecule has 0 unspecified atom stereocenters. The number of rotatable bonds is 3. The maximum atomic E-state index is 5.31. The van der Waals surface area contributed by atoms with Gasteiger partial charge in [0.15, 0.2) is 5.58 Å². The molecule has 15 heavy (non-hydrogen) atoms. The molecule has 1 aromatic heterocycles. The number of hydrogen-bond donors (Lipinski definition) is 1. The largest absolute Gasteiger partial charge is 0.356 e. The zero-order chi connectivity index (χ0) is 10.8. The van der Waals surface area contributed by atoms with Crippen molar-refractivity contribution in [3.05, 3.63) is 29.5 Å². The van der Waals surface area contributed by atoms with Gasteiger partial charge in [0.05, 0.1) is 5.69 Å². The van der Waals surface area contributed by atoms with Gasteiger partial charge in [0.2, 0.25) is 0 Å². The van der Waals surface area contributed by atoms with Crippen molar-refractivity contribution in [2.24, 2.45) is 0 Å². The summed E-state index contributed by atoms with van der Waals surface area (Å²) >= 11 is 4.20. The minimum Gasteiger partial charge on any atom is -0.356 e. The van der Waals surface area contributed by atoms with Crippen LogP contribution in [0.1, 0.15) is 31.0 Å². The van der Waals surface area contributed by atoms with E-state index in [0.29, 0.717) is 5.92 Å². The van der Waals surface area contributed by atoms with Gasteiger partial charge in [-0.05, 0) is 29.4 Å². The Morgan fingerprint density at radius 2 is 2.20 bits per heavy atom. The first kappa shape index (κ1) is 10.6. The van der Waals surface area contributed by atoms with Crippen molar-refractivity contribution in [2.45, 2.75) is 26.2 Å². The summed E-state index contributed by atoms with van der Waals surface area (Å²) in [6.45, 7) is 4.35. The van der Waals surface area contributed by atoms with Crippen LogP contribution in [0.5, 0.6) is 0 Å². The van der Waals surface area contributed by atoms with Crippen LogP contribution in [-0.4, -0.2) is 10.9 Å². The predicted octanol–water partition coefficient (Wildman–Crippen LogP) is 3.42. The highest BCUT2D eigenvalue weighted by Gasteiger charge is 2.08. The standard InChI is InChI=1S/C12H15NOS/c1-8(2)9-3-4-10-11(5-6-15)13-14-12(10)7-9/h3-4,7-8,15H,5-6H2,1-2H3. The Morgan fingerprint density at radius 3 is 2.87 bits per heavy atom. The van der Waals surface area contributed by atoms with E-state index in [2.05, 4.69) is 49.8 Å². The lowest BCUT2D eigenvalue weighted by atomic mass is 10.0. The lowest BCUT2D eigenvalue weighted by Crippen LogP contribution is -1.88. The van der Waals surface area contributed by atoms with Crippen LogP contribution < -0.4 is 0 Å². The number of hydrogen-bond acceptors (Lipinski definition) is 3. The molecule has 0 N–H and O–H groups in total. The lowest BCUT2D eigenvalue weighted by molar-refractivity contribution is 0.447. The molecule has 0 radical (unpaired) electrons. The van der Waals surface area contributed by atoms with Crippen LogP contribution in [0.3, 0.4) is 0 Å². The van der Waals surface area contributed by atoms with E-state index in [1.807, 2.05) is 0 Å². The van der Waals surface area contributed by atoms with Crippen molar-refractivity contribution in [2.75, 3.05) is 5.75 Å². The van der Waals surface area contributed by atoms with Gasteiger partial charge in [-0.15, -0.1) is 0 Å². The smallest absolute Gasteiger partial charge is 0.167 e. The number of aromatic nitrogens is 1. The third-order valence-corrected chi connectivity index (χ3v) is 2.81. The summed E-state index contributed by atoms with van der Waals surface area (Å²) in [5, 5.41) is 5.18. The Labute approximate surface area is 95.1 Å². The van der Waals surface area contributed by atoms with Gasteiger partial charge in [-0.1, -0.05) is 25.1 Å². The maximum Gasteiger partial charge on any atom is 0.167 e. The zero-order valence-corrected chi connectivity index (χ0v) is 9.92. The average Bonchev–Trinajstić information content (AvgIpc) is 2.61. The number of aryl methyl sites for hydroxylation is 1. The van der Waals surface area contributed by atoms with Gasteiger partial charge in [-0.25, -0.2) is 0 Å². The molecule has 0 spiro atoms. The van der Waals surface area contributed by atoms with Gasteiger partial charge >= 0.3 is 0 Å². The van der Waals surface area contributed by atoms with E-state index < -0.39 is 0 Å². The van der Waals surface area contributed by atoms with Crippen molar-refractivity contribution in [1.82, 2.24) is 5.16 Å². The quantitative estimate of drug-likeness (QED) is 0.804. The molecule has 0 saturated carbocycles. The van der Waals surface area contributed by atoms with Crippen LogP contribution >= 0.6 is 12.6 Å². The normalized spacial score (nSPS) is 11.5. The van der Waals surface area contributed by atoms with Gasteiger partial charge in [-0.2, -0.15) is 12.6 Å². The van der Waals surface area contributed by atoms with Gasteiger partial charge in [0.25, 0.3) is 0 Å². The molecule has 3 heteroatoms. The first-order chi connectivity index (χ1) is 7.22. The Bertz CT molecular complexity index is 462. The summed E-state index contributed by atoms with van der Waals surface area (Å²) in [7, 11) is 0. The molecular formula is C12H15NOS. The Morgan fingerprint density at radius 1 is 1.40 bits per heavy atom. The molecule has 0 fully saturated rings. The predicted molar refractivity (Wildman–Crippen MR) is 65.7 cm³/mol. The van der Waals surface area contributed by atoms with Crippen molar-refractivity contribution < 1.29 is 4.52 Å². The zero-order valence-electron chi connectivity index (χ0n) is 9.03. The van der Waals surface area contributed by atoms with Crippen LogP contribution in [0.25, 0.3) is 11.0 Å². The number of nitrogens with zero attached hydrogens (tertiary/aromatic N) is 1. The van der Waals surface area contributed by atoms with Gasteiger partial charge in [-0.3, -0.25) is 0 Å². The average molecular weight is 221 g/mol. The van der Waals surface area contributed by atoms with E-state index in [4.69, 9.17) is 4.52 Å². The molecule has 80 valence electrons. The second-order valence-corrected chi connectivity index (χ2v) is 4.46. The summed E-state index contributed by atoms with van der Waals surface area (Å²) in [5.74, 6) is 1.32. The molecule has 0 aliphatic carbocycles. The first-order valence-electron chi connectivity index (χ1n) is 5.21. The van der Waals surface area contributed by atoms with E-state index in [9.17, 15) is 0 Å². The molecule has 0 aliphatic heterocycles. The molecule has 2 rings (SSSR count). The van der Waals surface area contributed by atoms with E-state index >= 15 is 0 Å². The topological polar surface area (TPSA) is 26.0 Å². The third-order valence-electron chi connectivity index (χ3n) is 2.59. The summed E-state index contributed by atoms with van der Waals surface area (Å²) in [6, 6.07) is 6.32. The summed E-state index contributed by atoms with van der Waals surface area (Å²) in [6.07, 6.45) is 0.858. The fourth-order valence-corrected chi connectivity index (χ4v) is 1.86.